The normalized spacial score (nSPS) is 23.4. The highest BCUT2D eigenvalue weighted by atomic mass is 16.7. The average molecular weight is 248 g/mol. The fraction of sp³-hybridized carbons (Fsp3) is 0.583. The van der Waals surface area contributed by atoms with E-state index in [1.165, 1.54) is 0 Å². The van der Waals surface area contributed by atoms with Crippen LogP contribution in [0, 0.1) is 0 Å². The third kappa shape index (κ3) is 1.60. The number of pyridine rings is 1. The molecule has 1 aromatic rings. The van der Waals surface area contributed by atoms with Crippen LogP contribution >= 0.6 is 0 Å². The number of anilines is 1. The molecule has 1 spiro atoms. The van der Waals surface area contributed by atoms with Crippen LogP contribution < -0.4 is 15.9 Å². The van der Waals surface area contributed by atoms with Gasteiger partial charge in [0.15, 0.2) is 0 Å². The number of aromatic nitrogens is 1. The van der Waals surface area contributed by atoms with Gasteiger partial charge in [0.2, 0.25) is 5.88 Å². The molecule has 2 N–H and O–H groups in total. The van der Waals surface area contributed by atoms with Gasteiger partial charge in [-0.15, -0.1) is 0 Å². The maximum atomic E-state index is 6.03. The van der Waals surface area contributed by atoms with Crippen molar-refractivity contribution in [3.8, 4) is 5.88 Å². The fourth-order valence-corrected chi connectivity index (χ4v) is 2.50. The number of nitrogens with zero attached hydrogens (tertiary/aromatic N) is 1. The van der Waals surface area contributed by atoms with Gasteiger partial charge in [0.1, 0.15) is 0 Å². The van der Waals surface area contributed by atoms with Gasteiger partial charge < -0.3 is 19.8 Å². The number of ether oxygens (including phenoxy) is 1. The molecule has 0 atom stereocenters. The SMILES string of the molecule is COc1ncc(B2OC(C)(C)C3(CC3)O2)cc1N. The molecule has 3 rings (SSSR count). The number of hydrogen-bond donors (Lipinski definition) is 1. The van der Waals surface area contributed by atoms with Crippen LogP contribution in [0.4, 0.5) is 5.69 Å². The fourth-order valence-electron chi connectivity index (χ4n) is 2.50. The van der Waals surface area contributed by atoms with Crippen molar-refractivity contribution in [2.75, 3.05) is 12.8 Å². The predicted octanol–water partition coefficient (Wildman–Crippen LogP) is 0.726. The minimum absolute atomic E-state index is 0.119. The van der Waals surface area contributed by atoms with Crippen molar-refractivity contribution in [1.29, 1.82) is 0 Å². The van der Waals surface area contributed by atoms with Gasteiger partial charge >= 0.3 is 7.12 Å². The summed E-state index contributed by atoms with van der Waals surface area (Å²) in [7, 11) is 1.16. The van der Waals surface area contributed by atoms with Crippen LogP contribution in [0.3, 0.4) is 0 Å². The number of rotatable bonds is 2. The summed E-state index contributed by atoms with van der Waals surface area (Å²) >= 11 is 0. The standard InChI is InChI=1S/C12H17BN2O3/c1-11(2)12(4-5-12)18-13(17-11)8-6-9(14)10(16-3)15-7-8/h6-7H,4-5,14H2,1-3H3. The summed E-state index contributed by atoms with van der Waals surface area (Å²) in [6, 6.07) is 1.80. The minimum Gasteiger partial charge on any atom is -0.480 e. The summed E-state index contributed by atoms with van der Waals surface area (Å²) in [6.45, 7) is 4.14. The molecule has 0 bridgehead atoms. The first-order valence-electron chi connectivity index (χ1n) is 6.12. The summed E-state index contributed by atoms with van der Waals surface area (Å²) < 4.78 is 17.1. The van der Waals surface area contributed by atoms with Gasteiger partial charge in [0.05, 0.1) is 24.0 Å². The zero-order chi connectivity index (χ0) is 13.0. The predicted molar refractivity (Wildman–Crippen MR) is 68.8 cm³/mol. The van der Waals surface area contributed by atoms with E-state index in [0.717, 1.165) is 18.3 Å². The highest BCUT2D eigenvalue weighted by molar-refractivity contribution is 6.62. The summed E-state index contributed by atoms with van der Waals surface area (Å²) in [4.78, 5) is 4.15. The van der Waals surface area contributed by atoms with Crippen molar-refractivity contribution in [2.24, 2.45) is 0 Å². The topological polar surface area (TPSA) is 66.6 Å². The molecule has 5 nitrogen and oxygen atoms in total. The van der Waals surface area contributed by atoms with Gasteiger partial charge in [0, 0.05) is 11.7 Å². The lowest BCUT2D eigenvalue weighted by molar-refractivity contribution is 0.0546. The van der Waals surface area contributed by atoms with Crippen LogP contribution in [0.2, 0.25) is 0 Å². The molecule has 0 unspecified atom stereocenters. The molecule has 0 amide bonds. The number of nitrogens with two attached hydrogens (primary N) is 1. The first-order valence-corrected chi connectivity index (χ1v) is 6.12. The second-order valence-corrected chi connectivity index (χ2v) is 5.44. The lowest BCUT2D eigenvalue weighted by atomic mass is 9.80. The maximum absolute atomic E-state index is 6.03. The maximum Gasteiger partial charge on any atom is 0.496 e. The van der Waals surface area contributed by atoms with Gasteiger partial charge in [-0.25, -0.2) is 4.98 Å². The molecule has 1 saturated carbocycles. The number of hydrogen-bond acceptors (Lipinski definition) is 5. The molecule has 1 aliphatic carbocycles. The van der Waals surface area contributed by atoms with Crippen LogP contribution in [0.25, 0.3) is 0 Å². The van der Waals surface area contributed by atoms with Gasteiger partial charge in [-0.2, -0.15) is 0 Å². The van der Waals surface area contributed by atoms with Crippen LogP contribution in [-0.4, -0.2) is 30.4 Å². The Morgan fingerprint density at radius 2 is 2.11 bits per heavy atom. The Hall–Kier alpha value is -1.27. The molecule has 18 heavy (non-hydrogen) atoms. The zero-order valence-electron chi connectivity index (χ0n) is 10.9. The molecule has 0 aromatic carbocycles. The van der Waals surface area contributed by atoms with Crippen molar-refractivity contribution < 1.29 is 14.0 Å². The Bertz CT molecular complexity index is 482. The van der Waals surface area contributed by atoms with Gasteiger partial charge in [-0.3, -0.25) is 0 Å². The van der Waals surface area contributed by atoms with Gasteiger partial charge in [-0.1, -0.05) is 0 Å². The Labute approximate surface area is 107 Å². The van der Waals surface area contributed by atoms with E-state index in [2.05, 4.69) is 18.8 Å². The quantitative estimate of drug-likeness (QED) is 0.781. The second kappa shape index (κ2) is 3.62. The molecule has 6 heteroatoms. The van der Waals surface area contributed by atoms with Crippen molar-refractivity contribution in [3.05, 3.63) is 12.3 Å². The first-order chi connectivity index (χ1) is 8.47. The summed E-state index contributed by atoms with van der Waals surface area (Å²) in [5.41, 5.74) is 6.81. The average Bonchev–Trinajstić information content (AvgIpc) is 3.03. The van der Waals surface area contributed by atoms with Crippen LogP contribution in [0.1, 0.15) is 26.7 Å². The molecule has 0 radical (unpaired) electrons. The molecule has 1 aromatic heterocycles. The van der Waals surface area contributed by atoms with Gasteiger partial charge in [-0.05, 0) is 32.8 Å². The largest absolute Gasteiger partial charge is 0.496 e. The van der Waals surface area contributed by atoms with E-state index in [-0.39, 0.29) is 18.3 Å². The minimum atomic E-state index is -0.386. The van der Waals surface area contributed by atoms with Crippen LogP contribution in [-0.2, 0) is 9.31 Å². The van der Waals surface area contributed by atoms with Crippen LogP contribution in [0.5, 0.6) is 5.88 Å². The smallest absolute Gasteiger partial charge is 0.480 e. The third-order valence-electron chi connectivity index (χ3n) is 3.90. The third-order valence-corrected chi connectivity index (χ3v) is 3.90. The van der Waals surface area contributed by atoms with E-state index < -0.39 is 0 Å². The second-order valence-electron chi connectivity index (χ2n) is 5.44. The molecule has 96 valence electrons. The molecule has 1 saturated heterocycles. The summed E-state index contributed by atoms with van der Waals surface area (Å²) in [6.07, 6.45) is 3.79. The molecule has 2 heterocycles. The highest BCUT2D eigenvalue weighted by Gasteiger charge is 2.64. The van der Waals surface area contributed by atoms with Crippen LogP contribution in [0.15, 0.2) is 12.3 Å². The van der Waals surface area contributed by atoms with Crippen molar-refractivity contribution in [3.63, 3.8) is 0 Å². The molecule has 2 aliphatic rings. The van der Waals surface area contributed by atoms with E-state index in [9.17, 15) is 0 Å². The Balaban J connectivity index is 1.87. The lowest BCUT2D eigenvalue weighted by Crippen LogP contribution is -2.36. The number of methoxy groups -OCH3 is 1. The lowest BCUT2D eigenvalue weighted by Gasteiger charge is -2.24. The van der Waals surface area contributed by atoms with E-state index in [1.807, 2.05) is 0 Å². The number of nitrogen functional groups attached to an aromatic ring is 1. The first kappa shape index (κ1) is 11.8. The van der Waals surface area contributed by atoms with Gasteiger partial charge in [0.25, 0.3) is 0 Å². The molecule has 2 fully saturated rings. The molecular weight excluding hydrogens is 231 g/mol. The molecule has 1 aliphatic heterocycles. The summed E-state index contributed by atoms with van der Waals surface area (Å²) in [5, 5.41) is 0. The monoisotopic (exact) mass is 248 g/mol. The van der Waals surface area contributed by atoms with Crippen molar-refractivity contribution in [1.82, 2.24) is 4.98 Å². The molecular formula is C12H17BN2O3. The van der Waals surface area contributed by atoms with Crippen molar-refractivity contribution >= 4 is 18.3 Å². The summed E-state index contributed by atoms with van der Waals surface area (Å²) in [5.74, 6) is 0.428. The van der Waals surface area contributed by atoms with E-state index in [0.29, 0.717) is 11.6 Å². The Kier molecular flexibility index (Phi) is 2.37. The zero-order valence-corrected chi connectivity index (χ0v) is 10.9. The van der Waals surface area contributed by atoms with Crippen molar-refractivity contribution in [2.45, 2.75) is 37.9 Å². The highest BCUT2D eigenvalue weighted by Crippen LogP contribution is 2.54. The van der Waals surface area contributed by atoms with E-state index in [4.69, 9.17) is 19.8 Å². The van der Waals surface area contributed by atoms with E-state index >= 15 is 0 Å². The Morgan fingerprint density at radius 3 is 2.61 bits per heavy atom. The van der Waals surface area contributed by atoms with E-state index in [1.54, 1.807) is 19.4 Å². The Morgan fingerprint density at radius 1 is 1.39 bits per heavy atom.